The number of methoxy groups -OCH3 is 1. The Kier molecular flexibility index (Phi) is 9.26. The topological polar surface area (TPSA) is 36.9 Å². The Labute approximate surface area is 166 Å². The molecule has 0 radical (unpaired) electrons. The van der Waals surface area contributed by atoms with Crippen molar-refractivity contribution in [2.24, 2.45) is 4.99 Å². The van der Waals surface area contributed by atoms with Gasteiger partial charge in [-0.05, 0) is 35.7 Å². The lowest BCUT2D eigenvalue weighted by atomic mass is 10.1. The van der Waals surface area contributed by atoms with Crippen LogP contribution in [0, 0.1) is 5.82 Å². The van der Waals surface area contributed by atoms with Crippen molar-refractivity contribution in [1.82, 2.24) is 10.2 Å². The molecule has 0 bridgehead atoms. The van der Waals surface area contributed by atoms with Crippen LogP contribution in [0.15, 0.2) is 53.5 Å². The fraction of sp³-hybridized carbons (Fsp3) is 0.316. The van der Waals surface area contributed by atoms with Crippen LogP contribution in [0.1, 0.15) is 11.1 Å². The van der Waals surface area contributed by atoms with E-state index in [9.17, 15) is 4.39 Å². The standard InChI is InChI=1S/C19H24FN3O.HI/c1-21-19(23(2)14-15-7-6-9-17(20)13-15)22-12-11-16-8-4-5-10-18(16)24-3;/h4-10,13H,11-12,14H2,1-3H3,(H,21,22);1H. The van der Waals surface area contributed by atoms with Gasteiger partial charge in [0.1, 0.15) is 11.6 Å². The first-order chi connectivity index (χ1) is 11.6. The molecule has 0 unspecified atom stereocenters. The molecule has 0 heterocycles. The second-order valence-corrected chi connectivity index (χ2v) is 5.52. The third kappa shape index (κ3) is 6.53. The summed E-state index contributed by atoms with van der Waals surface area (Å²) in [7, 11) is 5.36. The molecule has 0 aromatic heterocycles. The van der Waals surface area contributed by atoms with Crippen LogP contribution in [0.4, 0.5) is 4.39 Å². The van der Waals surface area contributed by atoms with Gasteiger partial charge in [0, 0.05) is 27.2 Å². The molecule has 2 aromatic rings. The van der Waals surface area contributed by atoms with Gasteiger partial charge in [0.25, 0.3) is 0 Å². The Morgan fingerprint density at radius 2 is 1.96 bits per heavy atom. The van der Waals surface area contributed by atoms with Crippen LogP contribution >= 0.6 is 24.0 Å². The molecule has 0 saturated carbocycles. The first-order valence-corrected chi connectivity index (χ1v) is 7.92. The highest BCUT2D eigenvalue weighted by molar-refractivity contribution is 14.0. The van der Waals surface area contributed by atoms with Crippen molar-refractivity contribution in [3.8, 4) is 5.75 Å². The van der Waals surface area contributed by atoms with Crippen LogP contribution in [-0.2, 0) is 13.0 Å². The molecule has 2 aromatic carbocycles. The molecule has 2 rings (SSSR count). The van der Waals surface area contributed by atoms with Crippen molar-refractivity contribution in [1.29, 1.82) is 0 Å². The molecule has 0 aliphatic carbocycles. The Balaban J connectivity index is 0.00000312. The summed E-state index contributed by atoms with van der Waals surface area (Å²) >= 11 is 0. The molecule has 0 aliphatic rings. The normalized spacial score (nSPS) is 10.8. The van der Waals surface area contributed by atoms with Crippen LogP contribution in [0.3, 0.4) is 0 Å². The van der Waals surface area contributed by atoms with Crippen LogP contribution in [0.25, 0.3) is 0 Å². The Morgan fingerprint density at radius 3 is 2.64 bits per heavy atom. The summed E-state index contributed by atoms with van der Waals surface area (Å²) in [4.78, 5) is 6.26. The highest BCUT2D eigenvalue weighted by atomic mass is 127. The largest absolute Gasteiger partial charge is 0.496 e. The average molecular weight is 457 g/mol. The smallest absolute Gasteiger partial charge is 0.193 e. The molecule has 0 atom stereocenters. The van der Waals surface area contributed by atoms with Crippen LogP contribution in [-0.4, -0.2) is 38.6 Å². The number of benzene rings is 2. The zero-order chi connectivity index (χ0) is 17.4. The van der Waals surface area contributed by atoms with Gasteiger partial charge in [-0.3, -0.25) is 4.99 Å². The van der Waals surface area contributed by atoms with Crippen LogP contribution in [0.5, 0.6) is 5.75 Å². The molecule has 1 N–H and O–H groups in total. The van der Waals surface area contributed by atoms with E-state index in [4.69, 9.17) is 4.74 Å². The zero-order valence-corrected chi connectivity index (χ0v) is 17.2. The number of guanidine groups is 1. The Hall–Kier alpha value is -1.83. The van der Waals surface area contributed by atoms with Gasteiger partial charge < -0.3 is 15.0 Å². The lowest BCUT2D eigenvalue weighted by Gasteiger charge is -2.22. The Bertz CT molecular complexity index is 694. The number of ether oxygens (including phenoxy) is 1. The minimum absolute atomic E-state index is 0. The first kappa shape index (κ1) is 21.2. The quantitative estimate of drug-likeness (QED) is 0.409. The van der Waals surface area contributed by atoms with Crippen molar-refractivity contribution in [3.05, 3.63) is 65.5 Å². The van der Waals surface area contributed by atoms with Gasteiger partial charge in [-0.25, -0.2) is 4.39 Å². The number of halogens is 2. The highest BCUT2D eigenvalue weighted by Crippen LogP contribution is 2.17. The summed E-state index contributed by atoms with van der Waals surface area (Å²) in [6.45, 7) is 1.33. The van der Waals surface area contributed by atoms with Crippen molar-refractivity contribution in [2.45, 2.75) is 13.0 Å². The van der Waals surface area contributed by atoms with Crippen molar-refractivity contribution < 1.29 is 9.13 Å². The van der Waals surface area contributed by atoms with E-state index < -0.39 is 0 Å². The van der Waals surface area contributed by atoms with Gasteiger partial charge >= 0.3 is 0 Å². The monoisotopic (exact) mass is 457 g/mol. The lowest BCUT2D eigenvalue weighted by Crippen LogP contribution is -2.39. The van der Waals surface area contributed by atoms with E-state index in [1.807, 2.05) is 36.2 Å². The second kappa shape index (κ2) is 10.9. The predicted molar refractivity (Wildman–Crippen MR) is 111 cm³/mol. The summed E-state index contributed by atoms with van der Waals surface area (Å²) < 4.78 is 18.6. The van der Waals surface area contributed by atoms with E-state index in [0.717, 1.165) is 35.8 Å². The Morgan fingerprint density at radius 1 is 1.20 bits per heavy atom. The molecular weight excluding hydrogens is 432 g/mol. The maximum Gasteiger partial charge on any atom is 0.193 e. The number of aliphatic imine (C=N–C) groups is 1. The average Bonchev–Trinajstić information content (AvgIpc) is 2.59. The van der Waals surface area contributed by atoms with E-state index in [-0.39, 0.29) is 29.8 Å². The molecule has 0 spiro atoms. The van der Waals surface area contributed by atoms with Crippen molar-refractivity contribution >= 4 is 29.9 Å². The second-order valence-electron chi connectivity index (χ2n) is 5.52. The summed E-state index contributed by atoms with van der Waals surface area (Å²) in [6, 6.07) is 14.6. The minimum Gasteiger partial charge on any atom is -0.496 e. The minimum atomic E-state index is -0.222. The van der Waals surface area contributed by atoms with E-state index in [2.05, 4.69) is 16.4 Å². The number of para-hydroxylation sites is 1. The molecule has 6 heteroatoms. The molecule has 25 heavy (non-hydrogen) atoms. The molecule has 4 nitrogen and oxygen atoms in total. The maximum atomic E-state index is 13.3. The van der Waals surface area contributed by atoms with Gasteiger partial charge in [-0.2, -0.15) is 0 Å². The SMILES string of the molecule is CN=C(NCCc1ccccc1OC)N(C)Cc1cccc(F)c1.I. The van der Waals surface area contributed by atoms with Gasteiger partial charge in [0.15, 0.2) is 5.96 Å². The van der Waals surface area contributed by atoms with Crippen molar-refractivity contribution in [2.75, 3.05) is 27.7 Å². The summed E-state index contributed by atoms with van der Waals surface area (Å²) in [5.74, 6) is 1.44. The van der Waals surface area contributed by atoms with E-state index in [1.165, 1.54) is 6.07 Å². The van der Waals surface area contributed by atoms with E-state index >= 15 is 0 Å². The maximum absolute atomic E-state index is 13.3. The number of nitrogens with zero attached hydrogens (tertiary/aromatic N) is 2. The fourth-order valence-corrected chi connectivity index (χ4v) is 2.59. The van der Waals surface area contributed by atoms with Gasteiger partial charge in [0.05, 0.1) is 7.11 Å². The molecule has 0 fully saturated rings. The molecular formula is C19H25FIN3O. The number of rotatable bonds is 6. The number of hydrogen-bond acceptors (Lipinski definition) is 2. The highest BCUT2D eigenvalue weighted by Gasteiger charge is 2.08. The summed E-state index contributed by atoms with van der Waals surface area (Å²) in [5.41, 5.74) is 2.06. The van der Waals surface area contributed by atoms with E-state index in [1.54, 1.807) is 26.3 Å². The third-order valence-corrected chi connectivity index (χ3v) is 3.75. The van der Waals surface area contributed by atoms with E-state index in [0.29, 0.717) is 6.54 Å². The van der Waals surface area contributed by atoms with Crippen LogP contribution in [0.2, 0.25) is 0 Å². The fourth-order valence-electron chi connectivity index (χ4n) is 2.59. The number of hydrogen-bond donors (Lipinski definition) is 1. The molecule has 136 valence electrons. The molecule has 0 amide bonds. The lowest BCUT2D eigenvalue weighted by molar-refractivity contribution is 0.409. The molecule has 0 aliphatic heterocycles. The predicted octanol–water partition coefficient (Wildman–Crippen LogP) is 3.70. The summed E-state index contributed by atoms with van der Waals surface area (Å²) in [6.07, 6.45) is 0.830. The summed E-state index contributed by atoms with van der Waals surface area (Å²) in [5, 5.41) is 3.33. The zero-order valence-electron chi connectivity index (χ0n) is 14.8. The number of nitrogens with one attached hydrogen (secondary N) is 1. The van der Waals surface area contributed by atoms with Crippen molar-refractivity contribution in [3.63, 3.8) is 0 Å². The van der Waals surface area contributed by atoms with Gasteiger partial charge in [-0.1, -0.05) is 30.3 Å². The van der Waals surface area contributed by atoms with Gasteiger partial charge in [0.2, 0.25) is 0 Å². The van der Waals surface area contributed by atoms with Crippen LogP contribution < -0.4 is 10.1 Å². The first-order valence-electron chi connectivity index (χ1n) is 7.92. The third-order valence-electron chi connectivity index (χ3n) is 3.75. The molecule has 0 saturated heterocycles. The van der Waals surface area contributed by atoms with Gasteiger partial charge in [-0.15, -0.1) is 24.0 Å².